The number of nitrogens with zero attached hydrogens (tertiary/aromatic N) is 2. The summed E-state index contributed by atoms with van der Waals surface area (Å²) in [6.07, 6.45) is -5.78. The highest BCUT2D eigenvalue weighted by molar-refractivity contribution is 5.91. The van der Waals surface area contributed by atoms with Gasteiger partial charge in [0.05, 0.1) is 6.54 Å². The predicted octanol–water partition coefficient (Wildman–Crippen LogP) is 1.12. The zero-order valence-corrected chi connectivity index (χ0v) is 16.3. The highest BCUT2D eigenvalue weighted by Gasteiger charge is 2.49. The molecular weight excluding hydrogens is 399 g/mol. The Bertz CT molecular complexity index is 691. The first-order chi connectivity index (χ1) is 13.2. The topological polar surface area (TPSA) is 116 Å². The van der Waals surface area contributed by atoms with Crippen LogP contribution >= 0.6 is 0 Å². The van der Waals surface area contributed by atoms with E-state index in [4.69, 9.17) is 4.74 Å². The van der Waals surface area contributed by atoms with Crippen LogP contribution in [0, 0.1) is 0 Å². The molecule has 0 aromatic rings. The first kappa shape index (κ1) is 22.8. The van der Waals surface area contributed by atoms with Gasteiger partial charge in [0.1, 0.15) is 17.7 Å². The Balaban J connectivity index is 2.32. The van der Waals surface area contributed by atoms with E-state index in [-0.39, 0.29) is 25.8 Å². The molecule has 2 aliphatic rings. The SMILES string of the molecule is CC(C)(C)OC(=O)N[C@H]1CN(C(=O)C(F)(F)F)CCC2CC[C@@H](C(=O)O)N2C1=O. The number of hydrogen-bond donors (Lipinski definition) is 2. The summed E-state index contributed by atoms with van der Waals surface area (Å²) < 4.78 is 43.9. The molecule has 164 valence electrons. The zero-order valence-electron chi connectivity index (χ0n) is 16.3. The Labute approximate surface area is 165 Å². The van der Waals surface area contributed by atoms with Crippen molar-refractivity contribution < 1.29 is 42.2 Å². The second-order valence-corrected chi connectivity index (χ2v) is 8.07. The largest absolute Gasteiger partial charge is 0.480 e. The molecule has 2 N–H and O–H groups in total. The fourth-order valence-electron chi connectivity index (χ4n) is 3.54. The fraction of sp³-hybridized carbons (Fsp3) is 0.765. The number of ether oxygens (including phenoxy) is 1. The normalized spacial score (nSPS) is 25.7. The lowest BCUT2D eigenvalue weighted by Crippen LogP contribution is -2.61. The molecule has 0 saturated carbocycles. The van der Waals surface area contributed by atoms with Crippen LogP contribution in [-0.4, -0.2) is 81.8 Å². The number of carbonyl (C=O) groups excluding carboxylic acids is 3. The van der Waals surface area contributed by atoms with Crippen LogP contribution < -0.4 is 5.32 Å². The van der Waals surface area contributed by atoms with Gasteiger partial charge in [-0.25, -0.2) is 9.59 Å². The number of rotatable bonds is 2. The lowest BCUT2D eigenvalue weighted by Gasteiger charge is -2.38. The van der Waals surface area contributed by atoms with Crippen molar-refractivity contribution in [3.05, 3.63) is 0 Å². The van der Waals surface area contributed by atoms with Crippen molar-refractivity contribution in [2.45, 2.75) is 69.9 Å². The van der Waals surface area contributed by atoms with Gasteiger partial charge in [-0.3, -0.25) is 9.59 Å². The maximum absolute atomic E-state index is 13.0. The van der Waals surface area contributed by atoms with E-state index in [9.17, 15) is 37.5 Å². The summed E-state index contributed by atoms with van der Waals surface area (Å²) in [7, 11) is 0. The quantitative estimate of drug-likeness (QED) is 0.688. The number of halogens is 3. The highest BCUT2D eigenvalue weighted by Crippen LogP contribution is 2.30. The number of hydrogen-bond acceptors (Lipinski definition) is 5. The molecule has 3 amide bonds. The highest BCUT2D eigenvalue weighted by atomic mass is 19.4. The molecular formula is C17H24F3N3O6. The van der Waals surface area contributed by atoms with E-state index >= 15 is 0 Å². The maximum Gasteiger partial charge on any atom is 0.471 e. The number of alkyl halides is 3. The van der Waals surface area contributed by atoms with E-state index in [1.165, 1.54) is 0 Å². The van der Waals surface area contributed by atoms with E-state index in [0.717, 1.165) is 4.90 Å². The van der Waals surface area contributed by atoms with Gasteiger partial charge in [0.25, 0.3) is 0 Å². The van der Waals surface area contributed by atoms with E-state index < -0.39 is 60.3 Å². The van der Waals surface area contributed by atoms with Crippen molar-refractivity contribution >= 4 is 23.9 Å². The Kier molecular flexibility index (Phi) is 6.33. The van der Waals surface area contributed by atoms with Crippen molar-refractivity contribution in [2.75, 3.05) is 13.1 Å². The van der Waals surface area contributed by atoms with Crippen molar-refractivity contribution in [1.82, 2.24) is 15.1 Å². The van der Waals surface area contributed by atoms with Crippen LogP contribution in [0.1, 0.15) is 40.0 Å². The van der Waals surface area contributed by atoms with Gasteiger partial charge in [-0.2, -0.15) is 13.2 Å². The first-order valence-corrected chi connectivity index (χ1v) is 9.11. The van der Waals surface area contributed by atoms with Crippen molar-refractivity contribution in [1.29, 1.82) is 0 Å². The first-order valence-electron chi connectivity index (χ1n) is 9.11. The summed E-state index contributed by atoms with van der Waals surface area (Å²) in [6, 6.07) is -3.35. The van der Waals surface area contributed by atoms with E-state index in [0.29, 0.717) is 4.90 Å². The molecule has 2 saturated heterocycles. The third kappa shape index (κ3) is 5.51. The molecule has 2 fully saturated rings. The van der Waals surface area contributed by atoms with E-state index in [1.807, 2.05) is 0 Å². The lowest BCUT2D eigenvalue weighted by molar-refractivity contribution is -0.186. The molecule has 12 heteroatoms. The summed E-state index contributed by atoms with van der Waals surface area (Å²) in [4.78, 5) is 49.9. The van der Waals surface area contributed by atoms with Gasteiger partial charge in [0.2, 0.25) is 5.91 Å². The van der Waals surface area contributed by atoms with Gasteiger partial charge in [0.15, 0.2) is 0 Å². The average Bonchev–Trinajstić information content (AvgIpc) is 2.96. The lowest BCUT2D eigenvalue weighted by atomic mass is 10.1. The second kappa shape index (κ2) is 8.07. The number of alkyl carbamates (subject to hydrolysis) is 1. The van der Waals surface area contributed by atoms with Gasteiger partial charge in [0, 0.05) is 12.6 Å². The number of fused-ring (bicyclic) bond motifs is 1. The van der Waals surface area contributed by atoms with Gasteiger partial charge < -0.3 is 25.0 Å². The molecule has 1 unspecified atom stereocenters. The Morgan fingerprint density at radius 1 is 1.14 bits per heavy atom. The van der Waals surface area contributed by atoms with Crippen LogP contribution in [0.15, 0.2) is 0 Å². The summed E-state index contributed by atoms with van der Waals surface area (Å²) in [5.74, 6) is -4.21. The van der Waals surface area contributed by atoms with Crippen LogP contribution in [0.5, 0.6) is 0 Å². The minimum absolute atomic E-state index is 0.0104. The van der Waals surface area contributed by atoms with Gasteiger partial charge in [-0.1, -0.05) is 0 Å². The minimum Gasteiger partial charge on any atom is -0.480 e. The van der Waals surface area contributed by atoms with Crippen LogP contribution in [0.25, 0.3) is 0 Å². The molecule has 29 heavy (non-hydrogen) atoms. The molecule has 0 aromatic heterocycles. The predicted molar refractivity (Wildman–Crippen MR) is 91.7 cm³/mol. The molecule has 0 aromatic carbocycles. The maximum atomic E-state index is 13.0. The molecule has 2 aliphatic heterocycles. The third-order valence-corrected chi connectivity index (χ3v) is 4.70. The van der Waals surface area contributed by atoms with Crippen molar-refractivity contribution in [3.8, 4) is 0 Å². The van der Waals surface area contributed by atoms with Crippen LogP contribution in [-0.2, 0) is 19.1 Å². The van der Waals surface area contributed by atoms with Crippen LogP contribution in [0.2, 0.25) is 0 Å². The van der Waals surface area contributed by atoms with Crippen LogP contribution in [0.4, 0.5) is 18.0 Å². The molecule has 0 aliphatic carbocycles. The summed E-state index contributed by atoms with van der Waals surface area (Å²) in [5.41, 5.74) is -0.935. The zero-order chi connectivity index (χ0) is 22.1. The Morgan fingerprint density at radius 2 is 1.76 bits per heavy atom. The van der Waals surface area contributed by atoms with Crippen molar-refractivity contribution in [3.63, 3.8) is 0 Å². The molecule has 0 radical (unpaired) electrons. The smallest absolute Gasteiger partial charge is 0.471 e. The van der Waals surface area contributed by atoms with Gasteiger partial charge in [-0.15, -0.1) is 0 Å². The molecule has 0 bridgehead atoms. The van der Waals surface area contributed by atoms with Gasteiger partial charge in [-0.05, 0) is 40.0 Å². The molecule has 9 nitrogen and oxygen atoms in total. The molecule has 2 heterocycles. The molecule has 2 rings (SSSR count). The number of carboxylic acids is 1. The number of carboxylic acid groups (broad SMARTS) is 1. The summed E-state index contributed by atoms with van der Waals surface area (Å²) >= 11 is 0. The van der Waals surface area contributed by atoms with Crippen LogP contribution in [0.3, 0.4) is 0 Å². The Morgan fingerprint density at radius 3 is 2.28 bits per heavy atom. The number of nitrogens with one attached hydrogen (secondary N) is 1. The second-order valence-electron chi connectivity index (χ2n) is 8.07. The summed E-state index contributed by atoms with van der Waals surface area (Å²) in [5, 5.41) is 11.6. The van der Waals surface area contributed by atoms with E-state index in [2.05, 4.69) is 5.32 Å². The molecule has 0 spiro atoms. The summed E-state index contributed by atoms with van der Waals surface area (Å²) in [6.45, 7) is 3.60. The average molecular weight is 423 g/mol. The Hall–Kier alpha value is -2.53. The standard InChI is InChI=1S/C17H24F3N3O6/c1-16(2,3)29-15(28)21-10-8-22(14(27)17(18,19)20)7-6-9-4-5-11(13(25)26)23(9)12(10)24/h9-11H,4-8H2,1-3H3,(H,21,28)(H,25,26)/t9?,10-,11-/m0/s1. The fourth-order valence-corrected chi connectivity index (χ4v) is 3.54. The number of amides is 3. The molecule has 3 atom stereocenters. The van der Waals surface area contributed by atoms with Gasteiger partial charge >= 0.3 is 24.1 Å². The van der Waals surface area contributed by atoms with E-state index in [1.54, 1.807) is 20.8 Å². The number of carbonyl (C=O) groups is 4. The number of aliphatic carboxylic acids is 1. The monoisotopic (exact) mass is 423 g/mol. The minimum atomic E-state index is -5.14. The van der Waals surface area contributed by atoms with Crippen molar-refractivity contribution in [2.24, 2.45) is 0 Å². The third-order valence-electron chi connectivity index (χ3n) is 4.70.